The first-order valence-electron chi connectivity index (χ1n) is 14.9. The van der Waals surface area contributed by atoms with Gasteiger partial charge in [-0.2, -0.15) is 0 Å². The van der Waals surface area contributed by atoms with Crippen LogP contribution in [-0.4, -0.2) is 51.3 Å². The molecule has 9 nitrogen and oxygen atoms in total. The first-order valence-corrected chi connectivity index (χ1v) is 15.3. The summed E-state index contributed by atoms with van der Waals surface area (Å²) in [6.45, 7) is 17.2. The molecule has 0 radical (unpaired) electrons. The van der Waals surface area contributed by atoms with Gasteiger partial charge in [0.1, 0.15) is 12.0 Å². The third kappa shape index (κ3) is 6.43. The van der Waals surface area contributed by atoms with Gasteiger partial charge in [0.15, 0.2) is 17.1 Å². The Balaban J connectivity index is 1.62. The van der Waals surface area contributed by atoms with Gasteiger partial charge in [0.2, 0.25) is 0 Å². The Morgan fingerprint density at radius 1 is 1.07 bits per heavy atom. The predicted molar refractivity (Wildman–Crippen MR) is 172 cm³/mol. The number of aliphatic carboxylic acids is 1. The quantitative estimate of drug-likeness (QED) is 0.302. The van der Waals surface area contributed by atoms with E-state index in [1.54, 1.807) is 0 Å². The number of nitrogens with two attached hydrogens (primary N) is 1. The fraction of sp³-hybridized carbons (Fsp3) is 0.515. The van der Waals surface area contributed by atoms with E-state index < -0.39 is 17.7 Å². The molecular formula is C33H43ClN6O3. The number of benzene rings is 1. The number of hydrogen-bond donors (Lipinski definition) is 2. The minimum Gasteiger partial charge on any atom is -0.479 e. The number of aryl methyl sites for hydroxylation is 2. The smallest absolute Gasteiger partial charge is 0.337 e. The fourth-order valence-electron chi connectivity index (χ4n) is 6.26. The molecule has 10 heteroatoms. The van der Waals surface area contributed by atoms with E-state index in [4.69, 9.17) is 27.1 Å². The molecule has 0 saturated carbocycles. The van der Waals surface area contributed by atoms with Crippen LogP contribution in [0.3, 0.4) is 0 Å². The number of rotatable bonds is 6. The zero-order valence-electron chi connectivity index (χ0n) is 26.3. The maximum atomic E-state index is 12.8. The van der Waals surface area contributed by atoms with E-state index in [0.29, 0.717) is 29.3 Å². The van der Waals surface area contributed by atoms with Crippen LogP contribution in [0.2, 0.25) is 5.15 Å². The summed E-state index contributed by atoms with van der Waals surface area (Å²) < 4.78 is 6.23. The van der Waals surface area contributed by atoms with E-state index in [-0.39, 0.29) is 10.6 Å². The van der Waals surface area contributed by atoms with Crippen LogP contribution < -0.4 is 15.5 Å². The summed E-state index contributed by atoms with van der Waals surface area (Å²) in [6, 6.07) is 6.52. The number of piperidine rings is 1. The molecule has 230 valence electrons. The highest BCUT2D eigenvalue weighted by Gasteiger charge is 2.36. The lowest BCUT2D eigenvalue weighted by Gasteiger charge is -2.41. The normalized spacial score (nSPS) is 17.5. The zero-order valence-corrected chi connectivity index (χ0v) is 27.0. The van der Waals surface area contributed by atoms with Gasteiger partial charge in [-0.05, 0) is 76.0 Å². The first-order chi connectivity index (χ1) is 20.1. The Morgan fingerprint density at radius 3 is 2.42 bits per heavy atom. The number of fused-ring (bicyclic) bond motifs is 1. The van der Waals surface area contributed by atoms with Crippen molar-refractivity contribution in [2.75, 3.05) is 35.2 Å². The number of carboxylic acids is 1. The minimum atomic E-state index is -1.15. The lowest BCUT2D eigenvalue weighted by atomic mass is 9.81. The second-order valence-electron chi connectivity index (χ2n) is 13.6. The fourth-order valence-corrected chi connectivity index (χ4v) is 6.39. The van der Waals surface area contributed by atoms with Crippen molar-refractivity contribution in [3.63, 3.8) is 0 Å². The zero-order chi connectivity index (χ0) is 31.3. The van der Waals surface area contributed by atoms with Crippen molar-refractivity contribution in [1.82, 2.24) is 15.0 Å². The Hall–Kier alpha value is -3.43. The van der Waals surface area contributed by atoms with Gasteiger partial charge in [0.05, 0.1) is 11.3 Å². The third-order valence-corrected chi connectivity index (χ3v) is 8.89. The molecule has 4 heterocycles. The lowest BCUT2D eigenvalue weighted by molar-refractivity contribution is -0.160. The van der Waals surface area contributed by atoms with Gasteiger partial charge in [-0.3, -0.25) is 4.98 Å². The predicted octanol–water partition coefficient (Wildman–Crippen LogP) is 6.52. The van der Waals surface area contributed by atoms with E-state index >= 15 is 0 Å². The van der Waals surface area contributed by atoms with Crippen molar-refractivity contribution in [3.05, 3.63) is 57.8 Å². The summed E-state index contributed by atoms with van der Waals surface area (Å²) in [6.07, 6.45) is 3.12. The SMILES string of the molecule is Cc1nc(C)c([C@H](OC(C)(C)C)C(=O)O)c(N2CCC(C)(C)CC2)c1-c1ccc2c(c1)CCN(c1ncnc(Cl)c1N)C2. The van der Waals surface area contributed by atoms with Gasteiger partial charge >= 0.3 is 5.97 Å². The molecule has 0 amide bonds. The number of nitrogen functional groups attached to an aromatic ring is 1. The number of anilines is 3. The molecule has 1 saturated heterocycles. The van der Waals surface area contributed by atoms with Crippen molar-refractivity contribution in [2.45, 2.75) is 86.0 Å². The number of pyridine rings is 1. The van der Waals surface area contributed by atoms with Crippen LogP contribution in [0.5, 0.6) is 0 Å². The Bertz CT molecular complexity index is 1540. The molecule has 0 aliphatic carbocycles. The third-order valence-electron chi connectivity index (χ3n) is 8.59. The largest absolute Gasteiger partial charge is 0.479 e. The monoisotopic (exact) mass is 606 g/mol. The highest BCUT2D eigenvalue weighted by molar-refractivity contribution is 6.32. The number of ether oxygens (including phenoxy) is 1. The molecule has 3 N–H and O–H groups in total. The van der Waals surface area contributed by atoms with E-state index in [2.05, 4.69) is 51.8 Å². The van der Waals surface area contributed by atoms with Crippen molar-refractivity contribution >= 4 is 34.8 Å². The summed E-state index contributed by atoms with van der Waals surface area (Å²) in [5.74, 6) is -0.366. The topological polar surface area (TPSA) is 118 Å². The van der Waals surface area contributed by atoms with E-state index in [1.165, 1.54) is 17.5 Å². The molecule has 2 aliphatic heterocycles. The average molecular weight is 607 g/mol. The van der Waals surface area contributed by atoms with Crippen molar-refractivity contribution in [1.29, 1.82) is 0 Å². The molecule has 1 aromatic carbocycles. The highest BCUT2D eigenvalue weighted by atomic mass is 35.5. The second kappa shape index (κ2) is 11.6. The van der Waals surface area contributed by atoms with Crippen molar-refractivity contribution in [3.8, 4) is 11.1 Å². The molecule has 0 spiro atoms. The number of carboxylic acid groups (broad SMARTS) is 1. The first kappa shape index (κ1) is 31.0. The van der Waals surface area contributed by atoms with Crippen molar-refractivity contribution in [2.24, 2.45) is 5.41 Å². The van der Waals surface area contributed by atoms with Crippen LogP contribution >= 0.6 is 11.6 Å². The maximum Gasteiger partial charge on any atom is 0.337 e. The van der Waals surface area contributed by atoms with Gasteiger partial charge in [-0.25, -0.2) is 14.8 Å². The van der Waals surface area contributed by atoms with Crippen LogP contribution in [0, 0.1) is 19.3 Å². The standard InChI is InChI=1S/C33H43ClN6O3/c1-19-24(22-8-9-23-17-40(13-10-21(23)16-22)30-26(35)29(34)36-18-37-30)27(39-14-11-33(6,7)12-15-39)25(20(2)38-19)28(31(41)42)43-32(3,4)5/h8-9,16,18,28H,10-15,17,35H2,1-7H3,(H,41,42)/t28-/m0/s1. The molecule has 3 aromatic rings. The molecule has 2 aliphatic rings. The van der Waals surface area contributed by atoms with Gasteiger partial charge in [-0.15, -0.1) is 0 Å². The van der Waals surface area contributed by atoms with Crippen LogP contribution in [0.4, 0.5) is 17.2 Å². The van der Waals surface area contributed by atoms with Gasteiger partial charge < -0.3 is 25.4 Å². The molecule has 1 atom stereocenters. The van der Waals surface area contributed by atoms with E-state index in [0.717, 1.165) is 61.4 Å². The van der Waals surface area contributed by atoms with Gasteiger partial charge in [0, 0.05) is 48.7 Å². The summed E-state index contributed by atoms with van der Waals surface area (Å²) >= 11 is 6.17. The summed E-state index contributed by atoms with van der Waals surface area (Å²) in [7, 11) is 0. The molecule has 0 unspecified atom stereocenters. The Labute approximate surface area is 259 Å². The van der Waals surface area contributed by atoms with E-state index in [1.807, 2.05) is 34.6 Å². The molecule has 0 bridgehead atoms. The van der Waals surface area contributed by atoms with Crippen LogP contribution in [0.25, 0.3) is 11.1 Å². The number of hydrogen-bond acceptors (Lipinski definition) is 8. The number of aromatic nitrogens is 3. The summed E-state index contributed by atoms with van der Waals surface area (Å²) in [5.41, 5.74) is 13.7. The minimum absolute atomic E-state index is 0.233. The lowest BCUT2D eigenvalue weighted by Crippen LogP contribution is -2.39. The second-order valence-corrected chi connectivity index (χ2v) is 13.9. The Kier molecular flexibility index (Phi) is 8.35. The number of nitrogens with zero attached hydrogens (tertiary/aromatic N) is 5. The van der Waals surface area contributed by atoms with Gasteiger partial charge in [-0.1, -0.05) is 43.6 Å². The molecular weight excluding hydrogens is 564 g/mol. The molecule has 43 heavy (non-hydrogen) atoms. The van der Waals surface area contributed by atoms with Crippen LogP contribution in [-0.2, 0) is 22.5 Å². The Morgan fingerprint density at radius 2 is 1.77 bits per heavy atom. The summed E-state index contributed by atoms with van der Waals surface area (Å²) in [5, 5.41) is 10.7. The van der Waals surface area contributed by atoms with E-state index in [9.17, 15) is 9.90 Å². The number of halogens is 1. The maximum absolute atomic E-state index is 12.8. The van der Waals surface area contributed by atoms with Crippen LogP contribution in [0.1, 0.15) is 81.6 Å². The van der Waals surface area contributed by atoms with Crippen LogP contribution in [0.15, 0.2) is 24.5 Å². The number of carbonyl (C=O) groups is 1. The highest BCUT2D eigenvalue weighted by Crippen LogP contribution is 2.45. The average Bonchev–Trinajstić information content (AvgIpc) is 2.92. The molecule has 2 aromatic heterocycles. The molecule has 5 rings (SSSR count). The van der Waals surface area contributed by atoms with Gasteiger partial charge in [0.25, 0.3) is 0 Å². The molecule has 1 fully saturated rings. The summed E-state index contributed by atoms with van der Waals surface area (Å²) in [4.78, 5) is 30.6. The van der Waals surface area contributed by atoms with Crippen molar-refractivity contribution < 1.29 is 14.6 Å².